The first-order chi connectivity index (χ1) is 17.5. The lowest BCUT2D eigenvalue weighted by molar-refractivity contribution is -0.187. The third kappa shape index (κ3) is 6.58. The van der Waals surface area contributed by atoms with Crippen LogP contribution in [0.2, 0.25) is 0 Å². The molecule has 2 aromatic rings. The highest BCUT2D eigenvalue weighted by atomic mass is 16.7. The average molecular weight is 493 g/mol. The summed E-state index contributed by atoms with van der Waals surface area (Å²) in [5, 5.41) is 0. The number of carbonyl (C=O) groups excluding carboxylic acids is 1. The SMILES string of the molecule is CCCCCCC(C)(C)c1ccc([C@@H]2CC3(CC[C@H]2CC=O)OCCO3)c(OCc2ccccc2)c1. The number of benzene rings is 2. The minimum Gasteiger partial charge on any atom is -0.489 e. The van der Waals surface area contributed by atoms with Gasteiger partial charge >= 0.3 is 0 Å². The maximum absolute atomic E-state index is 11.6. The van der Waals surface area contributed by atoms with Crippen LogP contribution in [0, 0.1) is 5.92 Å². The average Bonchev–Trinajstić information content (AvgIpc) is 3.35. The lowest BCUT2D eigenvalue weighted by Crippen LogP contribution is -2.39. The van der Waals surface area contributed by atoms with Gasteiger partial charge in [-0.2, -0.15) is 0 Å². The van der Waals surface area contributed by atoms with Gasteiger partial charge in [0.05, 0.1) is 13.2 Å². The Morgan fingerprint density at radius 2 is 1.83 bits per heavy atom. The molecule has 2 aromatic carbocycles. The van der Waals surface area contributed by atoms with Crippen LogP contribution in [0.3, 0.4) is 0 Å². The van der Waals surface area contributed by atoms with Crippen molar-refractivity contribution in [3.05, 3.63) is 65.2 Å². The van der Waals surface area contributed by atoms with Crippen molar-refractivity contribution in [3.8, 4) is 5.75 Å². The Morgan fingerprint density at radius 3 is 2.56 bits per heavy atom. The number of aldehydes is 1. The van der Waals surface area contributed by atoms with Gasteiger partial charge in [0.1, 0.15) is 18.6 Å². The molecule has 4 heteroatoms. The van der Waals surface area contributed by atoms with Crippen molar-refractivity contribution < 1.29 is 19.0 Å². The van der Waals surface area contributed by atoms with E-state index in [4.69, 9.17) is 14.2 Å². The molecule has 2 aliphatic rings. The smallest absolute Gasteiger partial charge is 0.169 e. The minimum absolute atomic E-state index is 0.0742. The van der Waals surface area contributed by atoms with Crippen LogP contribution in [0.1, 0.15) is 101 Å². The molecule has 2 fully saturated rings. The monoisotopic (exact) mass is 492 g/mol. The maximum atomic E-state index is 11.6. The van der Waals surface area contributed by atoms with E-state index in [1.165, 1.54) is 36.8 Å². The summed E-state index contributed by atoms with van der Waals surface area (Å²) in [6.45, 7) is 8.77. The standard InChI is InChI=1S/C32H44O4/c1-4-5-6-10-17-31(2,3)27-13-14-28(30(22-27)34-24-25-11-8-7-9-12-25)29-23-32(35-20-21-36-32)18-15-26(29)16-19-33/h7-9,11-14,19,22,26,29H,4-6,10,15-18,20-21,23-24H2,1-3H3/t26-,29+/m0/s1. The minimum atomic E-state index is -0.516. The fraction of sp³-hybridized carbons (Fsp3) is 0.594. The van der Waals surface area contributed by atoms with Gasteiger partial charge in [0, 0.05) is 19.3 Å². The normalized spacial score (nSPS) is 21.5. The number of carbonyl (C=O) groups is 1. The number of ether oxygens (including phenoxy) is 3. The summed E-state index contributed by atoms with van der Waals surface area (Å²) in [5.74, 6) is 0.856. The van der Waals surface area contributed by atoms with Gasteiger partial charge in [-0.15, -0.1) is 0 Å². The second kappa shape index (κ2) is 12.4. The van der Waals surface area contributed by atoms with Gasteiger partial charge < -0.3 is 19.0 Å². The maximum Gasteiger partial charge on any atom is 0.169 e. The van der Waals surface area contributed by atoms with Crippen LogP contribution >= 0.6 is 0 Å². The molecule has 0 aromatic heterocycles. The highest BCUT2D eigenvalue weighted by Crippen LogP contribution is 2.50. The molecule has 196 valence electrons. The highest BCUT2D eigenvalue weighted by molar-refractivity contribution is 5.51. The fourth-order valence-corrected chi connectivity index (χ4v) is 6.00. The molecule has 1 aliphatic carbocycles. The molecule has 4 nitrogen and oxygen atoms in total. The molecule has 36 heavy (non-hydrogen) atoms. The highest BCUT2D eigenvalue weighted by Gasteiger charge is 2.46. The number of hydrogen-bond acceptors (Lipinski definition) is 4. The molecule has 1 aliphatic heterocycles. The summed E-state index contributed by atoms with van der Waals surface area (Å²) in [4.78, 5) is 11.6. The number of unbranched alkanes of at least 4 members (excludes halogenated alkanes) is 3. The Kier molecular flexibility index (Phi) is 9.25. The van der Waals surface area contributed by atoms with Gasteiger partial charge in [-0.3, -0.25) is 0 Å². The second-order valence-corrected chi connectivity index (χ2v) is 11.3. The van der Waals surface area contributed by atoms with Gasteiger partial charge in [-0.25, -0.2) is 0 Å². The molecule has 0 radical (unpaired) electrons. The van der Waals surface area contributed by atoms with Gasteiger partial charge in [0.15, 0.2) is 5.79 Å². The van der Waals surface area contributed by atoms with E-state index in [2.05, 4.69) is 63.2 Å². The molecule has 2 atom stereocenters. The van der Waals surface area contributed by atoms with Crippen molar-refractivity contribution in [2.45, 2.75) is 102 Å². The van der Waals surface area contributed by atoms with Crippen LogP contribution in [0.25, 0.3) is 0 Å². The fourth-order valence-electron chi connectivity index (χ4n) is 6.00. The summed E-state index contributed by atoms with van der Waals surface area (Å²) in [6, 6.07) is 17.2. The van der Waals surface area contributed by atoms with E-state index in [9.17, 15) is 4.79 Å². The van der Waals surface area contributed by atoms with Crippen LogP contribution in [-0.2, 0) is 26.3 Å². The molecular weight excluding hydrogens is 448 g/mol. The lowest BCUT2D eigenvalue weighted by Gasteiger charge is -2.41. The number of hydrogen-bond donors (Lipinski definition) is 0. The van der Waals surface area contributed by atoms with Gasteiger partial charge in [0.25, 0.3) is 0 Å². The molecule has 1 spiro atoms. The predicted octanol–water partition coefficient (Wildman–Crippen LogP) is 7.73. The van der Waals surface area contributed by atoms with E-state index in [1.54, 1.807) is 0 Å². The summed E-state index contributed by atoms with van der Waals surface area (Å²) in [7, 11) is 0. The van der Waals surface area contributed by atoms with Gasteiger partial charge in [-0.05, 0) is 52.8 Å². The van der Waals surface area contributed by atoms with Crippen molar-refractivity contribution in [1.29, 1.82) is 0 Å². The Hall–Kier alpha value is -2.17. The Labute approximate surface area is 217 Å². The van der Waals surface area contributed by atoms with Crippen LogP contribution in [-0.4, -0.2) is 25.3 Å². The third-order valence-corrected chi connectivity index (χ3v) is 8.30. The Morgan fingerprint density at radius 1 is 1.06 bits per heavy atom. The quantitative estimate of drug-likeness (QED) is 0.225. The van der Waals surface area contributed by atoms with E-state index in [0.717, 1.165) is 43.3 Å². The van der Waals surface area contributed by atoms with Crippen LogP contribution in [0.5, 0.6) is 5.75 Å². The summed E-state index contributed by atoms with van der Waals surface area (Å²) in [6.07, 6.45) is 10.4. The molecule has 0 unspecified atom stereocenters. The molecule has 0 N–H and O–H groups in total. The van der Waals surface area contributed by atoms with Crippen molar-refractivity contribution in [3.63, 3.8) is 0 Å². The summed E-state index contributed by atoms with van der Waals surface area (Å²) >= 11 is 0. The van der Waals surface area contributed by atoms with E-state index in [0.29, 0.717) is 26.2 Å². The zero-order chi connectivity index (χ0) is 25.4. The third-order valence-electron chi connectivity index (χ3n) is 8.30. The summed E-state index contributed by atoms with van der Waals surface area (Å²) in [5.41, 5.74) is 3.72. The first-order valence-corrected chi connectivity index (χ1v) is 14.0. The van der Waals surface area contributed by atoms with Crippen molar-refractivity contribution >= 4 is 6.29 Å². The Bertz CT molecular complexity index is 961. The second-order valence-electron chi connectivity index (χ2n) is 11.3. The number of rotatable bonds is 12. The molecule has 1 saturated heterocycles. The van der Waals surface area contributed by atoms with Crippen molar-refractivity contribution in [2.75, 3.05) is 13.2 Å². The molecule has 1 heterocycles. The van der Waals surface area contributed by atoms with E-state index in [1.807, 2.05) is 6.07 Å². The molecular formula is C32H44O4. The largest absolute Gasteiger partial charge is 0.489 e. The van der Waals surface area contributed by atoms with Crippen LogP contribution in [0.15, 0.2) is 48.5 Å². The molecule has 0 bridgehead atoms. The first-order valence-electron chi connectivity index (χ1n) is 14.0. The predicted molar refractivity (Wildman–Crippen MR) is 144 cm³/mol. The molecule has 1 saturated carbocycles. The van der Waals surface area contributed by atoms with E-state index >= 15 is 0 Å². The van der Waals surface area contributed by atoms with Crippen molar-refractivity contribution in [2.24, 2.45) is 5.92 Å². The lowest BCUT2D eigenvalue weighted by atomic mass is 9.70. The van der Waals surface area contributed by atoms with E-state index < -0.39 is 5.79 Å². The van der Waals surface area contributed by atoms with E-state index in [-0.39, 0.29) is 17.3 Å². The van der Waals surface area contributed by atoms with Gasteiger partial charge in [-0.1, -0.05) is 88.9 Å². The van der Waals surface area contributed by atoms with Gasteiger partial charge in [0.2, 0.25) is 0 Å². The zero-order valence-corrected chi connectivity index (χ0v) is 22.5. The topological polar surface area (TPSA) is 44.8 Å². The van der Waals surface area contributed by atoms with Crippen LogP contribution < -0.4 is 4.74 Å². The van der Waals surface area contributed by atoms with Crippen LogP contribution in [0.4, 0.5) is 0 Å². The first kappa shape index (κ1) is 26.9. The summed E-state index contributed by atoms with van der Waals surface area (Å²) < 4.78 is 18.8. The Balaban J connectivity index is 1.64. The van der Waals surface area contributed by atoms with Crippen molar-refractivity contribution in [1.82, 2.24) is 0 Å². The molecule has 4 rings (SSSR count). The molecule has 0 amide bonds. The zero-order valence-electron chi connectivity index (χ0n) is 22.5.